The first-order valence-electron chi connectivity index (χ1n) is 8.12. The Balaban J connectivity index is 1.76. The molecular formula is C18H19N3O4S. The molecule has 0 atom stereocenters. The number of anilines is 2. The molecule has 0 unspecified atom stereocenters. The highest BCUT2D eigenvalue weighted by atomic mass is 32.2. The topological polar surface area (TPSA) is 101 Å². The monoisotopic (exact) mass is 373 g/mol. The molecule has 1 amide bonds. The van der Waals surface area contributed by atoms with Gasteiger partial charge in [0.25, 0.3) is 10.0 Å². The number of fused-ring (bicyclic) bond motifs is 1. The number of sulfonamides is 1. The number of benzene rings is 2. The second kappa shape index (κ2) is 7.17. The Kier molecular flexibility index (Phi) is 4.94. The van der Waals surface area contributed by atoms with Crippen LogP contribution in [0, 0.1) is 5.92 Å². The van der Waals surface area contributed by atoms with Crippen LogP contribution in [0.1, 0.15) is 20.3 Å². The van der Waals surface area contributed by atoms with E-state index in [9.17, 15) is 13.2 Å². The van der Waals surface area contributed by atoms with E-state index in [2.05, 4.69) is 15.2 Å². The van der Waals surface area contributed by atoms with Gasteiger partial charge >= 0.3 is 0 Å². The van der Waals surface area contributed by atoms with Crippen molar-refractivity contribution in [3.8, 4) is 0 Å². The lowest BCUT2D eigenvalue weighted by Gasteiger charge is -2.09. The minimum atomic E-state index is -3.82. The summed E-state index contributed by atoms with van der Waals surface area (Å²) < 4.78 is 32.6. The van der Waals surface area contributed by atoms with Crippen molar-refractivity contribution in [3.05, 3.63) is 48.5 Å². The number of rotatable bonds is 6. The van der Waals surface area contributed by atoms with E-state index >= 15 is 0 Å². The average Bonchev–Trinajstić information content (AvgIpc) is 2.97. The van der Waals surface area contributed by atoms with Crippen LogP contribution in [-0.2, 0) is 14.8 Å². The van der Waals surface area contributed by atoms with Gasteiger partial charge in [0.1, 0.15) is 0 Å². The van der Waals surface area contributed by atoms with Crippen molar-refractivity contribution in [2.45, 2.75) is 25.2 Å². The van der Waals surface area contributed by atoms with E-state index in [0.29, 0.717) is 23.1 Å². The van der Waals surface area contributed by atoms with E-state index in [0.717, 1.165) is 0 Å². The minimum absolute atomic E-state index is 0.0615. The van der Waals surface area contributed by atoms with Crippen molar-refractivity contribution in [1.82, 2.24) is 5.16 Å². The van der Waals surface area contributed by atoms with Gasteiger partial charge in [0.05, 0.1) is 10.3 Å². The van der Waals surface area contributed by atoms with Gasteiger partial charge < -0.3 is 9.84 Å². The number of hydrogen-bond donors (Lipinski definition) is 2. The zero-order valence-corrected chi connectivity index (χ0v) is 15.2. The molecule has 3 rings (SSSR count). The molecule has 136 valence electrons. The second-order valence-electron chi connectivity index (χ2n) is 6.30. The zero-order chi connectivity index (χ0) is 18.7. The smallest absolute Gasteiger partial charge is 0.263 e. The maximum Gasteiger partial charge on any atom is 0.263 e. The first-order valence-corrected chi connectivity index (χ1v) is 9.60. The normalized spacial score (nSPS) is 11.7. The Morgan fingerprint density at radius 1 is 1.12 bits per heavy atom. The van der Waals surface area contributed by atoms with Crippen LogP contribution in [0.4, 0.5) is 11.5 Å². The maximum atomic E-state index is 12.5. The van der Waals surface area contributed by atoms with Crippen LogP contribution in [0.3, 0.4) is 0 Å². The quantitative estimate of drug-likeness (QED) is 0.687. The zero-order valence-electron chi connectivity index (χ0n) is 14.4. The van der Waals surface area contributed by atoms with Gasteiger partial charge in [-0.05, 0) is 42.3 Å². The number of nitrogens with zero attached hydrogens (tertiary/aromatic N) is 1. The van der Waals surface area contributed by atoms with E-state index < -0.39 is 10.0 Å². The van der Waals surface area contributed by atoms with Crippen LogP contribution < -0.4 is 10.0 Å². The van der Waals surface area contributed by atoms with Crippen molar-refractivity contribution in [3.63, 3.8) is 0 Å². The van der Waals surface area contributed by atoms with E-state index in [-0.39, 0.29) is 22.5 Å². The lowest BCUT2D eigenvalue weighted by atomic mass is 10.1. The third-order valence-corrected chi connectivity index (χ3v) is 5.01. The van der Waals surface area contributed by atoms with Crippen LogP contribution in [0.2, 0.25) is 0 Å². The van der Waals surface area contributed by atoms with E-state index in [1.807, 2.05) is 13.8 Å². The number of hydrogen-bond acceptors (Lipinski definition) is 5. The SMILES string of the molecule is CC(C)CC(=O)Nc1ccc(S(=O)(=O)Nc2noc3ccccc23)cc1. The van der Waals surface area contributed by atoms with Crippen molar-refractivity contribution in [2.75, 3.05) is 10.0 Å². The molecule has 0 spiro atoms. The van der Waals surface area contributed by atoms with Gasteiger partial charge in [-0.3, -0.25) is 9.52 Å². The van der Waals surface area contributed by atoms with Crippen molar-refractivity contribution < 1.29 is 17.7 Å². The molecular weight excluding hydrogens is 354 g/mol. The Hall–Kier alpha value is -2.87. The first kappa shape index (κ1) is 17.9. The first-order chi connectivity index (χ1) is 12.3. The molecule has 0 aliphatic rings. The van der Waals surface area contributed by atoms with E-state index in [1.165, 1.54) is 12.1 Å². The molecule has 8 heteroatoms. The van der Waals surface area contributed by atoms with Crippen molar-refractivity contribution in [2.24, 2.45) is 5.92 Å². The van der Waals surface area contributed by atoms with Crippen molar-refractivity contribution >= 4 is 38.4 Å². The number of amides is 1. The molecule has 0 radical (unpaired) electrons. The van der Waals surface area contributed by atoms with Gasteiger partial charge in [-0.25, -0.2) is 8.42 Å². The predicted octanol–water partition coefficient (Wildman–Crippen LogP) is 3.61. The summed E-state index contributed by atoms with van der Waals surface area (Å²) >= 11 is 0. The number of nitrogens with one attached hydrogen (secondary N) is 2. The molecule has 0 saturated heterocycles. The van der Waals surface area contributed by atoms with Crippen LogP contribution >= 0.6 is 0 Å². The molecule has 1 heterocycles. The summed E-state index contributed by atoms with van der Waals surface area (Å²) in [6, 6.07) is 12.9. The molecule has 0 aliphatic heterocycles. The van der Waals surface area contributed by atoms with Gasteiger partial charge in [0, 0.05) is 12.1 Å². The molecule has 0 fully saturated rings. The number of para-hydroxylation sites is 1. The number of carbonyl (C=O) groups is 1. The summed E-state index contributed by atoms with van der Waals surface area (Å²) in [6.45, 7) is 3.91. The third-order valence-electron chi connectivity index (χ3n) is 3.65. The fourth-order valence-corrected chi connectivity index (χ4v) is 3.46. The Morgan fingerprint density at radius 2 is 1.81 bits per heavy atom. The molecule has 1 aromatic heterocycles. The highest BCUT2D eigenvalue weighted by Gasteiger charge is 2.18. The standard InChI is InChI=1S/C18H19N3O4S/c1-12(2)11-17(22)19-13-7-9-14(10-8-13)26(23,24)21-18-15-5-3-4-6-16(15)25-20-18/h3-10,12H,11H2,1-2H3,(H,19,22)(H,20,21). The van der Waals surface area contributed by atoms with Gasteiger partial charge in [-0.15, -0.1) is 0 Å². The number of carbonyl (C=O) groups excluding carboxylic acids is 1. The van der Waals surface area contributed by atoms with Gasteiger partial charge in [-0.2, -0.15) is 0 Å². The largest absolute Gasteiger partial charge is 0.354 e. The summed E-state index contributed by atoms with van der Waals surface area (Å²) in [5.74, 6) is 0.272. The van der Waals surface area contributed by atoms with Crippen LogP contribution in [0.5, 0.6) is 0 Å². The fourth-order valence-electron chi connectivity index (χ4n) is 2.45. The number of aromatic nitrogens is 1. The Bertz CT molecular complexity index is 1020. The summed E-state index contributed by atoms with van der Waals surface area (Å²) in [4.78, 5) is 11.8. The van der Waals surface area contributed by atoms with E-state index in [4.69, 9.17) is 4.52 Å². The van der Waals surface area contributed by atoms with Crippen molar-refractivity contribution in [1.29, 1.82) is 0 Å². The molecule has 0 saturated carbocycles. The van der Waals surface area contributed by atoms with Gasteiger partial charge in [0.2, 0.25) is 5.91 Å². The molecule has 2 aromatic carbocycles. The van der Waals surface area contributed by atoms with Crippen LogP contribution in [-0.4, -0.2) is 19.5 Å². The highest BCUT2D eigenvalue weighted by Crippen LogP contribution is 2.25. The third kappa shape index (κ3) is 4.02. The Labute approximate surface area is 151 Å². The molecule has 7 nitrogen and oxygen atoms in total. The van der Waals surface area contributed by atoms with Crippen LogP contribution in [0.25, 0.3) is 11.0 Å². The highest BCUT2D eigenvalue weighted by molar-refractivity contribution is 7.92. The predicted molar refractivity (Wildman–Crippen MR) is 99.3 cm³/mol. The van der Waals surface area contributed by atoms with Crippen LogP contribution in [0.15, 0.2) is 57.9 Å². The second-order valence-corrected chi connectivity index (χ2v) is 7.99. The molecule has 26 heavy (non-hydrogen) atoms. The lowest BCUT2D eigenvalue weighted by Crippen LogP contribution is -2.15. The van der Waals surface area contributed by atoms with Gasteiger partial charge in [-0.1, -0.05) is 31.1 Å². The van der Waals surface area contributed by atoms with E-state index in [1.54, 1.807) is 36.4 Å². The fraction of sp³-hybridized carbons (Fsp3) is 0.222. The summed E-state index contributed by atoms with van der Waals surface area (Å²) in [6.07, 6.45) is 0.404. The average molecular weight is 373 g/mol. The Morgan fingerprint density at radius 3 is 2.50 bits per heavy atom. The molecule has 3 aromatic rings. The maximum absolute atomic E-state index is 12.5. The molecule has 0 bridgehead atoms. The van der Waals surface area contributed by atoms with Gasteiger partial charge in [0.15, 0.2) is 11.4 Å². The molecule has 2 N–H and O–H groups in total. The lowest BCUT2D eigenvalue weighted by molar-refractivity contribution is -0.116. The molecule has 0 aliphatic carbocycles. The summed E-state index contributed by atoms with van der Waals surface area (Å²) in [7, 11) is -3.82. The minimum Gasteiger partial charge on any atom is -0.354 e. The summed E-state index contributed by atoms with van der Waals surface area (Å²) in [5.41, 5.74) is 1.04. The summed E-state index contributed by atoms with van der Waals surface area (Å²) in [5, 5.41) is 7.09.